The number of hydrogen-bond acceptors (Lipinski definition) is 8. The van der Waals surface area contributed by atoms with Gasteiger partial charge in [0.2, 0.25) is 0 Å². The minimum absolute atomic E-state index is 0.310. The summed E-state index contributed by atoms with van der Waals surface area (Å²) in [6.07, 6.45) is 23.0. The Morgan fingerprint density at radius 2 is 1.02 bits per heavy atom. The zero-order valence-corrected chi connectivity index (χ0v) is 29.4. The summed E-state index contributed by atoms with van der Waals surface area (Å²) in [5, 5.41) is 0. The normalized spacial score (nSPS) is 10.3. The third-order valence-corrected chi connectivity index (χ3v) is 6.26. The highest BCUT2D eigenvalue weighted by Crippen LogP contribution is 2.12. The second-order valence-electron chi connectivity index (χ2n) is 10.2. The summed E-state index contributed by atoms with van der Waals surface area (Å²) >= 11 is 0. The van der Waals surface area contributed by atoms with Crippen LogP contribution in [0.2, 0.25) is 0 Å². The second kappa shape index (κ2) is 43.0. The van der Waals surface area contributed by atoms with Gasteiger partial charge in [0.25, 0.3) is 0 Å². The molecule has 0 spiro atoms. The van der Waals surface area contributed by atoms with Gasteiger partial charge < -0.3 is 18.9 Å². The molecule has 1 atom stereocenters. The topological polar surface area (TPSA) is 105 Å². The van der Waals surface area contributed by atoms with Gasteiger partial charge in [-0.15, -0.1) is 13.2 Å². The van der Waals surface area contributed by atoms with Crippen molar-refractivity contribution in [2.24, 2.45) is 5.92 Å². The van der Waals surface area contributed by atoms with Gasteiger partial charge in [-0.3, -0.25) is 4.79 Å². The van der Waals surface area contributed by atoms with Gasteiger partial charge in [0.15, 0.2) is 0 Å². The summed E-state index contributed by atoms with van der Waals surface area (Å²) in [4.78, 5) is 43.4. The number of carbonyl (C=O) groups excluding carboxylic acids is 4. The lowest BCUT2D eigenvalue weighted by Gasteiger charge is -2.13. The molecule has 0 radical (unpaired) electrons. The second-order valence-corrected chi connectivity index (χ2v) is 10.2. The maximum absolute atomic E-state index is 11.4. The highest BCUT2D eigenvalue weighted by atomic mass is 16.5. The fraction of sp³-hybridized carbons (Fsp3) is 0.676. The van der Waals surface area contributed by atoms with Crippen molar-refractivity contribution < 1.29 is 38.1 Å². The monoisotopic (exact) mass is 638 g/mol. The van der Waals surface area contributed by atoms with E-state index in [1.54, 1.807) is 0 Å². The van der Waals surface area contributed by atoms with Gasteiger partial charge in [0.05, 0.1) is 26.1 Å². The summed E-state index contributed by atoms with van der Waals surface area (Å²) < 4.78 is 19.2. The molecule has 0 saturated heterocycles. The predicted octanol–water partition coefficient (Wildman–Crippen LogP) is 9.78. The highest BCUT2D eigenvalue weighted by Gasteiger charge is 2.07. The van der Waals surface area contributed by atoms with Crippen LogP contribution in [0.5, 0.6) is 0 Å². The van der Waals surface area contributed by atoms with Crippen molar-refractivity contribution >= 4 is 23.9 Å². The van der Waals surface area contributed by atoms with Crippen molar-refractivity contribution in [3.8, 4) is 0 Å². The van der Waals surface area contributed by atoms with E-state index in [0.29, 0.717) is 25.7 Å². The van der Waals surface area contributed by atoms with Gasteiger partial charge in [-0.1, -0.05) is 124 Å². The van der Waals surface area contributed by atoms with E-state index in [9.17, 15) is 19.2 Å². The Labute approximate surface area is 275 Å². The van der Waals surface area contributed by atoms with Crippen molar-refractivity contribution in [3.05, 3.63) is 50.8 Å². The van der Waals surface area contributed by atoms with Crippen LogP contribution in [-0.4, -0.2) is 43.7 Å². The van der Waals surface area contributed by atoms with E-state index in [0.717, 1.165) is 56.9 Å². The van der Waals surface area contributed by atoms with E-state index in [2.05, 4.69) is 58.7 Å². The van der Waals surface area contributed by atoms with E-state index < -0.39 is 11.9 Å². The minimum atomic E-state index is -0.472. The zero-order chi connectivity index (χ0) is 35.0. The summed E-state index contributed by atoms with van der Waals surface area (Å²) in [7, 11) is 0. The Kier molecular flexibility index (Phi) is 46.5. The van der Waals surface area contributed by atoms with E-state index in [1.165, 1.54) is 77.2 Å². The van der Waals surface area contributed by atoms with E-state index in [4.69, 9.17) is 14.2 Å². The molecule has 0 aliphatic carbocycles. The van der Waals surface area contributed by atoms with Crippen LogP contribution in [0.15, 0.2) is 50.8 Å². The number of rotatable bonds is 24. The van der Waals surface area contributed by atoms with E-state index in [1.807, 2.05) is 0 Å². The molecule has 0 aromatic rings. The molecule has 262 valence electrons. The number of carbonyl (C=O) groups is 4. The van der Waals surface area contributed by atoms with Gasteiger partial charge in [-0.05, 0) is 25.2 Å². The molecule has 8 nitrogen and oxygen atoms in total. The molecule has 0 saturated carbocycles. The van der Waals surface area contributed by atoms with Crippen LogP contribution >= 0.6 is 0 Å². The van der Waals surface area contributed by atoms with Gasteiger partial charge in [-0.2, -0.15) is 0 Å². The minimum Gasteiger partial charge on any atom is -0.463 e. The molecular formula is C37H66O8. The maximum atomic E-state index is 11.4. The van der Waals surface area contributed by atoms with Crippen molar-refractivity contribution in [1.82, 2.24) is 0 Å². The zero-order valence-electron chi connectivity index (χ0n) is 29.4. The molecule has 0 aliphatic rings. The molecular weight excluding hydrogens is 572 g/mol. The molecule has 0 N–H and O–H groups in total. The van der Waals surface area contributed by atoms with Crippen molar-refractivity contribution in [2.75, 3.05) is 19.8 Å². The average Bonchev–Trinajstić information content (AvgIpc) is 3.04. The van der Waals surface area contributed by atoms with Gasteiger partial charge >= 0.3 is 23.9 Å². The number of unbranched alkanes of at least 4 members (excludes halogenated alkanes) is 11. The molecule has 0 aromatic heterocycles. The van der Waals surface area contributed by atoms with Crippen LogP contribution < -0.4 is 0 Å². The first-order chi connectivity index (χ1) is 21.7. The molecule has 45 heavy (non-hydrogen) atoms. The van der Waals surface area contributed by atoms with Gasteiger partial charge in [0, 0.05) is 25.2 Å². The maximum Gasteiger partial charge on any atom is 0.331 e. The van der Waals surface area contributed by atoms with Crippen LogP contribution in [0.25, 0.3) is 0 Å². The Morgan fingerprint density at radius 1 is 0.600 bits per heavy atom. The Hall–Kier alpha value is -3.16. The Morgan fingerprint density at radius 3 is 1.36 bits per heavy atom. The largest absolute Gasteiger partial charge is 0.463 e. The first-order valence-electron chi connectivity index (χ1n) is 16.8. The summed E-state index contributed by atoms with van der Waals surface area (Å²) in [6.45, 7) is 23.9. The molecule has 0 amide bonds. The first-order valence-corrected chi connectivity index (χ1v) is 16.8. The fourth-order valence-electron chi connectivity index (χ4n) is 3.62. The van der Waals surface area contributed by atoms with Gasteiger partial charge in [-0.25, -0.2) is 14.4 Å². The van der Waals surface area contributed by atoms with Crippen molar-refractivity contribution in [2.45, 2.75) is 137 Å². The van der Waals surface area contributed by atoms with E-state index in [-0.39, 0.29) is 11.9 Å². The molecule has 0 aromatic carbocycles. The lowest BCUT2D eigenvalue weighted by Crippen LogP contribution is -2.12. The number of ether oxygens (including phenoxy) is 4. The number of esters is 4. The van der Waals surface area contributed by atoms with Crippen LogP contribution in [-0.2, 0) is 38.1 Å². The van der Waals surface area contributed by atoms with Crippen molar-refractivity contribution in [1.29, 1.82) is 0 Å². The number of hydrogen-bond donors (Lipinski definition) is 0. The lowest BCUT2D eigenvalue weighted by molar-refractivity contribution is -0.140. The van der Waals surface area contributed by atoms with Crippen LogP contribution in [0.3, 0.4) is 0 Å². The SMILES string of the molecule is C=C.C=CC(=O)OCC(CC)CCCC.C=COC(C)=O.CCCCCCCCOC(=O)C=CC(=O)OCCCCCCCC. The summed E-state index contributed by atoms with van der Waals surface area (Å²) in [5.41, 5.74) is 0. The summed E-state index contributed by atoms with van der Waals surface area (Å²) in [6, 6.07) is 0. The molecule has 1 unspecified atom stereocenters. The average molecular weight is 639 g/mol. The van der Waals surface area contributed by atoms with E-state index >= 15 is 0 Å². The third kappa shape index (κ3) is 48.0. The molecule has 0 rings (SSSR count). The Balaban J connectivity index is -0.000000332. The van der Waals surface area contributed by atoms with Gasteiger partial charge in [0.1, 0.15) is 0 Å². The van der Waals surface area contributed by atoms with Crippen molar-refractivity contribution in [3.63, 3.8) is 0 Å². The first kappa shape index (κ1) is 48.7. The molecule has 0 heterocycles. The fourth-order valence-corrected chi connectivity index (χ4v) is 3.62. The standard InChI is InChI=1S/C20H36O4.C11H20O2.C4H6O2.C2H4/c1-3-5-7-9-11-13-17-23-19(21)15-16-20(22)24-18-14-12-10-8-6-4-2;1-4-7-8-10(5-2)9-13-11(12)6-3;1-3-6-4(2)5;1-2/h15-16H,3-14,17-18H2,1-2H3;6,10H,3-5,7-9H2,1-2H3;3H,1H2,2H3;1-2H2. The third-order valence-electron chi connectivity index (χ3n) is 6.26. The molecule has 0 bridgehead atoms. The molecule has 8 heteroatoms. The predicted molar refractivity (Wildman–Crippen MR) is 185 cm³/mol. The van der Waals surface area contributed by atoms with Crippen LogP contribution in [0.4, 0.5) is 0 Å². The molecule has 0 aliphatic heterocycles. The van der Waals surface area contributed by atoms with Crippen LogP contribution in [0, 0.1) is 5.92 Å². The van der Waals surface area contributed by atoms with Crippen LogP contribution in [0.1, 0.15) is 137 Å². The quantitative estimate of drug-likeness (QED) is 0.0257. The lowest BCUT2D eigenvalue weighted by atomic mass is 10.0. The Bertz CT molecular complexity index is 713. The highest BCUT2D eigenvalue weighted by molar-refractivity contribution is 5.91. The summed E-state index contributed by atoms with van der Waals surface area (Å²) in [5.74, 6) is -1.07. The smallest absolute Gasteiger partial charge is 0.331 e. The molecule has 0 fully saturated rings.